The van der Waals surface area contributed by atoms with Crippen LogP contribution in [0.15, 0.2) is 21.9 Å². The van der Waals surface area contributed by atoms with Crippen LogP contribution in [0.3, 0.4) is 0 Å². The number of nitrogens with zero attached hydrogens (tertiary/aromatic N) is 3. The van der Waals surface area contributed by atoms with E-state index in [0.29, 0.717) is 22.5 Å². The zero-order valence-corrected chi connectivity index (χ0v) is 15.0. The molecule has 0 spiro atoms. The molecule has 3 aromatic rings. The molecule has 0 unspecified atom stereocenters. The number of rotatable bonds is 3. The standard InChI is InChI=1S/C17H22N6O2/c1-9-6-10(2)20-14(24)11(9)7-18-16-21-13-12(15(25)22-16)8-19-23(13)17(3,4)5/h6,8H,7H2,1-5H3,(H,20,24)(H2,18,21,22,25). The molecule has 25 heavy (non-hydrogen) atoms. The van der Waals surface area contributed by atoms with Gasteiger partial charge in [-0.3, -0.25) is 14.6 Å². The molecular weight excluding hydrogens is 320 g/mol. The molecule has 3 N–H and O–H groups in total. The van der Waals surface area contributed by atoms with E-state index in [1.54, 1.807) is 4.68 Å². The summed E-state index contributed by atoms with van der Waals surface area (Å²) in [6, 6.07) is 1.91. The van der Waals surface area contributed by atoms with Gasteiger partial charge in [-0.05, 0) is 46.2 Å². The van der Waals surface area contributed by atoms with E-state index < -0.39 is 0 Å². The molecule has 0 fully saturated rings. The van der Waals surface area contributed by atoms with Crippen molar-refractivity contribution in [2.45, 2.75) is 46.7 Å². The maximum atomic E-state index is 12.3. The second-order valence-corrected chi connectivity index (χ2v) is 7.18. The molecule has 0 aliphatic heterocycles. The first-order valence-electron chi connectivity index (χ1n) is 8.08. The number of H-pyrrole nitrogens is 2. The molecular formula is C17H22N6O2. The predicted molar refractivity (Wildman–Crippen MR) is 97.0 cm³/mol. The van der Waals surface area contributed by atoms with E-state index in [2.05, 4.69) is 25.4 Å². The van der Waals surface area contributed by atoms with Gasteiger partial charge in [0.2, 0.25) is 5.95 Å². The summed E-state index contributed by atoms with van der Waals surface area (Å²) in [7, 11) is 0. The maximum Gasteiger partial charge on any atom is 0.263 e. The van der Waals surface area contributed by atoms with Crippen LogP contribution in [0.5, 0.6) is 0 Å². The Morgan fingerprint density at radius 2 is 1.88 bits per heavy atom. The van der Waals surface area contributed by atoms with Crippen LogP contribution >= 0.6 is 0 Å². The Labute approximate surface area is 144 Å². The molecule has 0 amide bonds. The molecule has 0 aliphatic rings. The lowest BCUT2D eigenvalue weighted by Crippen LogP contribution is -2.24. The summed E-state index contributed by atoms with van der Waals surface area (Å²) in [6.45, 7) is 9.96. The topological polar surface area (TPSA) is 108 Å². The van der Waals surface area contributed by atoms with Crippen molar-refractivity contribution in [2.24, 2.45) is 0 Å². The Morgan fingerprint density at radius 1 is 1.16 bits per heavy atom. The van der Waals surface area contributed by atoms with Crippen LogP contribution in [-0.2, 0) is 12.1 Å². The molecule has 8 nitrogen and oxygen atoms in total. The summed E-state index contributed by atoms with van der Waals surface area (Å²) in [4.78, 5) is 34.3. The first kappa shape index (κ1) is 16.9. The van der Waals surface area contributed by atoms with E-state index in [1.165, 1.54) is 6.20 Å². The summed E-state index contributed by atoms with van der Waals surface area (Å²) >= 11 is 0. The molecule has 0 aromatic carbocycles. The van der Waals surface area contributed by atoms with Gasteiger partial charge in [-0.25, -0.2) is 4.68 Å². The Kier molecular flexibility index (Phi) is 3.98. The molecule has 3 rings (SSSR count). The Balaban J connectivity index is 1.98. The lowest BCUT2D eigenvalue weighted by molar-refractivity contribution is 0.366. The van der Waals surface area contributed by atoms with Crippen LogP contribution in [-0.4, -0.2) is 24.7 Å². The quantitative estimate of drug-likeness (QED) is 0.672. The summed E-state index contributed by atoms with van der Waals surface area (Å²) in [5.41, 5.74) is 2.10. The van der Waals surface area contributed by atoms with Gasteiger partial charge in [0.05, 0.1) is 11.7 Å². The van der Waals surface area contributed by atoms with Crippen molar-refractivity contribution in [3.63, 3.8) is 0 Å². The third kappa shape index (κ3) is 3.19. The molecule has 0 saturated heterocycles. The summed E-state index contributed by atoms with van der Waals surface area (Å²) < 4.78 is 1.71. The van der Waals surface area contributed by atoms with Crippen molar-refractivity contribution < 1.29 is 0 Å². The number of aromatic nitrogens is 5. The van der Waals surface area contributed by atoms with Crippen molar-refractivity contribution in [3.8, 4) is 0 Å². The molecule has 8 heteroatoms. The van der Waals surface area contributed by atoms with Crippen LogP contribution in [0.4, 0.5) is 5.95 Å². The molecule has 0 atom stereocenters. The molecule has 3 aromatic heterocycles. The molecule has 3 heterocycles. The minimum absolute atomic E-state index is 0.145. The van der Waals surface area contributed by atoms with Crippen LogP contribution in [0.2, 0.25) is 0 Å². The third-order valence-corrected chi connectivity index (χ3v) is 4.00. The van der Waals surface area contributed by atoms with Gasteiger partial charge in [0.25, 0.3) is 11.1 Å². The number of pyridine rings is 1. The Morgan fingerprint density at radius 3 is 2.52 bits per heavy atom. The van der Waals surface area contributed by atoms with E-state index >= 15 is 0 Å². The molecule has 0 aliphatic carbocycles. The number of aromatic amines is 2. The van der Waals surface area contributed by atoms with Crippen molar-refractivity contribution in [3.05, 3.63) is 49.8 Å². The maximum absolute atomic E-state index is 12.3. The van der Waals surface area contributed by atoms with Crippen LogP contribution < -0.4 is 16.4 Å². The van der Waals surface area contributed by atoms with Gasteiger partial charge in [0.1, 0.15) is 5.39 Å². The number of aryl methyl sites for hydroxylation is 2. The number of nitrogens with one attached hydrogen (secondary N) is 3. The number of fused-ring (bicyclic) bond motifs is 1. The molecule has 0 radical (unpaired) electrons. The van der Waals surface area contributed by atoms with Crippen molar-refractivity contribution in [1.82, 2.24) is 24.7 Å². The van der Waals surface area contributed by atoms with Crippen LogP contribution in [0, 0.1) is 13.8 Å². The smallest absolute Gasteiger partial charge is 0.263 e. The largest absolute Gasteiger partial charge is 0.351 e. The van der Waals surface area contributed by atoms with Gasteiger partial charge >= 0.3 is 0 Å². The predicted octanol–water partition coefficient (Wildman–Crippen LogP) is 1.79. The highest BCUT2D eigenvalue weighted by Gasteiger charge is 2.20. The van der Waals surface area contributed by atoms with Crippen LogP contribution in [0.25, 0.3) is 11.0 Å². The summed E-state index contributed by atoms with van der Waals surface area (Å²) in [5, 5.41) is 7.75. The third-order valence-electron chi connectivity index (χ3n) is 4.00. The minimum atomic E-state index is -0.301. The second kappa shape index (κ2) is 5.87. The fourth-order valence-electron chi connectivity index (χ4n) is 2.77. The average molecular weight is 342 g/mol. The van der Waals surface area contributed by atoms with Gasteiger partial charge in [0.15, 0.2) is 5.65 Å². The van der Waals surface area contributed by atoms with Crippen molar-refractivity contribution in [2.75, 3.05) is 5.32 Å². The number of hydrogen-bond acceptors (Lipinski definition) is 5. The van der Waals surface area contributed by atoms with Gasteiger partial charge < -0.3 is 10.3 Å². The van der Waals surface area contributed by atoms with E-state index in [1.807, 2.05) is 40.7 Å². The van der Waals surface area contributed by atoms with Crippen molar-refractivity contribution in [1.29, 1.82) is 0 Å². The first-order chi connectivity index (χ1) is 11.7. The van der Waals surface area contributed by atoms with Crippen LogP contribution in [0.1, 0.15) is 37.6 Å². The molecule has 132 valence electrons. The zero-order chi connectivity index (χ0) is 18.4. The van der Waals surface area contributed by atoms with E-state index in [4.69, 9.17) is 0 Å². The number of hydrogen-bond donors (Lipinski definition) is 3. The Hall–Kier alpha value is -2.90. The van der Waals surface area contributed by atoms with E-state index in [9.17, 15) is 9.59 Å². The highest BCUT2D eigenvalue weighted by molar-refractivity contribution is 5.74. The van der Waals surface area contributed by atoms with Gasteiger partial charge in [-0.15, -0.1) is 0 Å². The average Bonchev–Trinajstić information content (AvgIpc) is 2.90. The number of anilines is 1. The normalized spacial score (nSPS) is 11.9. The van der Waals surface area contributed by atoms with Gasteiger partial charge in [-0.2, -0.15) is 10.1 Å². The van der Waals surface area contributed by atoms with Crippen molar-refractivity contribution >= 4 is 17.0 Å². The SMILES string of the molecule is Cc1cc(C)c(CNc2nc3c(cnn3C(C)(C)C)c(=O)[nH]2)c(=O)[nH]1. The van der Waals surface area contributed by atoms with E-state index in [-0.39, 0.29) is 23.2 Å². The van der Waals surface area contributed by atoms with Gasteiger partial charge in [0, 0.05) is 17.8 Å². The summed E-state index contributed by atoms with van der Waals surface area (Å²) in [6.07, 6.45) is 1.52. The lowest BCUT2D eigenvalue weighted by atomic mass is 10.1. The lowest BCUT2D eigenvalue weighted by Gasteiger charge is -2.19. The van der Waals surface area contributed by atoms with E-state index in [0.717, 1.165) is 11.3 Å². The molecule has 0 bridgehead atoms. The fraction of sp³-hybridized carbons (Fsp3) is 0.412. The second-order valence-electron chi connectivity index (χ2n) is 7.18. The van der Waals surface area contributed by atoms with Gasteiger partial charge in [-0.1, -0.05) is 0 Å². The minimum Gasteiger partial charge on any atom is -0.351 e. The summed E-state index contributed by atoms with van der Waals surface area (Å²) in [5.74, 6) is 0.308. The molecule has 0 saturated carbocycles. The highest BCUT2D eigenvalue weighted by atomic mass is 16.1. The zero-order valence-electron chi connectivity index (χ0n) is 15.0. The Bertz CT molecular complexity index is 1050. The monoisotopic (exact) mass is 342 g/mol. The highest BCUT2D eigenvalue weighted by Crippen LogP contribution is 2.18. The first-order valence-corrected chi connectivity index (χ1v) is 8.08. The fourth-order valence-corrected chi connectivity index (χ4v) is 2.77.